The zero-order valence-electron chi connectivity index (χ0n) is 21.0. The molecule has 0 aromatic carbocycles. The Hall–Kier alpha value is -0.790. The van der Waals surface area contributed by atoms with E-state index in [1.54, 1.807) is 0 Å². The number of carboxylic acid groups (broad SMARTS) is 2. The van der Waals surface area contributed by atoms with Gasteiger partial charge in [0.15, 0.2) is 0 Å². The Morgan fingerprint density at radius 2 is 0.932 bits per heavy atom. The van der Waals surface area contributed by atoms with Crippen LogP contribution in [0.2, 0.25) is 0 Å². The summed E-state index contributed by atoms with van der Waals surface area (Å²) in [6.07, 6.45) is -10.9. The fourth-order valence-corrected chi connectivity index (χ4v) is 5.23. The standard InChI is InChI=1S/C18H10F16O7S.2Na/c19-11(20)3-5(13(23,24)17(31,32)15(11,27)28)1-10(9(37)38,7(8(35)36)42(39,40)41)2-6-4-12(21,22)16(29,30)18(33,34)14(6,25)26;;/h3-4,7H,1-2H2,(H,35,36)(H,37,38)(H,39,40,41);;/q;2*+1/p-2. The van der Waals surface area contributed by atoms with Crippen LogP contribution in [-0.2, 0) is 19.7 Å². The quantitative estimate of drug-likeness (QED) is 0.119. The molecule has 0 heterocycles. The summed E-state index contributed by atoms with van der Waals surface area (Å²) in [7, 11) is -6.98. The Bertz CT molecular complexity index is 1290. The van der Waals surface area contributed by atoms with Gasteiger partial charge in [0.25, 0.3) is 10.1 Å². The number of halogens is 16. The van der Waals surface area contributed by atoms with E-state index in [4.69, 9.17) is 4.55 Å². The monoisotopic (exact) mass is 718 g/mol. The van der Waals surface area contributed by atoms with Gasteiger partial charge in [0.2, 0.25) is 0 Å². The van der Waals surface area contributed by atoms with Crippen LogP contribution in [0.5, 0.6) is 0 Å². The van der Waals surface area contributed by atoms with Crippen molar-refractivity contribution in [1.82, 2.24) is 0 Å². The minimum Gasteiger partial charge on any atom is -0.549 e. The van der Waals surface area contributed by atoms with Gasteiger partial charge in [-0.2, -0.15) is 78.7 Å². The maximum atomic E-state index is 14.4. The molecule has 0 saturated carbocycles. The van der Waals surface area contributed by atoms with Gasteiger partial charge in [-0.05, 0) is 25.0 Å². The van der Waals surface area contributed by atoms with Gasteiger partial charge in [-0.15, -0.1) is 0 Å². The molecule has 0 amide bonds. The molecule has 2 rings (SSSR count). The van der Waals surface area contributed by atoms with Gasteiger partial charge in [0.1, 0.15) is 5.25 Å². The van der Waals surface area contributed by atoms with Crippen molar-refractivity contribution in [3.63, 3.8) is 0 Å². The molecular weight excluding hydrogens is 710 g/mol. The van der Waals surface area contributed by atoms with Crippen LogP contribution in [-0.4, -0.2) is 77.5 Å². The van der Waals surface area contributed by atoms with Crippen LogP contribution in [0, 0.1) is 5.41 Å². The van der Waals surface area contributed by atoms with Gasteiger partial charge >= 0.3 is 106 Å². The van der Waals surface area contributed by atoms with Crippen molar-refractivity contribution in [2.24, 2.45) is 5.41 Å². The topological polar surface area (TPSA) is 135 Å². The first kappa shape index (κ1) is 43.2. The van der Waals surface area contributed by atoms with E-state index < -0.39 is 116 Å². The molecule has 0 fully saturated rings. The molecule has 0 bridgehead atoms. The summed E-state index contributed by atoms with van der Waals surface area (Å²) in [5.41, 5.74) is -12.3. The van der Waals surface area contributed by atoms with Crippen LogP contribution in [0.4, 0.5) is 70.2 Å². The molecule has 44 heavy (non-hydrogen) atoms. The Morgan fingerprint density at radius 3 is 1.14 bits per heavy atom. The van der Waals surface area contributed by atoms with E-state index in [1.807, 2.05) is 0 Å². The Balaban J connectivity index is 0.00000924. The molecule has 0 spiro atoms. The molecule has 0 saturated heterocycles. The first-order valence-corrected chi connectivity index (χ1v) is 11.5. The Morgan fingerprint density at radius 1 is 0.659 bits per heavy atom. The SMILES string of the molecule is O=C([O-])C(C(CC1=CC(F)(F)C(F)(F)C(F)(F)C1(F)F)(CC1=CC(F)(F)C(F)(F)C(F)(F)C1(F)F)C(=O)[O-])S(=O)(=O)O.[Na+].[Na+]. The van der Waals surface area contributed by atoms with Gasteiger partial charge in [-0.3, -0.25) is 4.55 Å². The van der Waals surface area contributed by atoms with Crippen molar-refractivity contribution in [2.45, 2.75) is 65.5 Å². The number of carbonyl (C=O) groups is 2. The normalized spacial score (nSPS) is 26.0. The summed E-state index contributed by atoms with van der Waals surface area (Å²) in [6.45, 7) is 0. The van der Waals surface area contributed by atoms with Gasteiger partial charge < -0.3 is 19.8 Å². The van der Waals surface area contributed by atoms with Crippen molar-refractivity contribution in [1.29, 1.82) is 0 Å². The molecule has 7 nitrogen and oxygen atoms in total. The molecule has 2 aliphatic carbocycles. The van der Waals surface area contributed by atoms with Crippen LogP contribution in [0.3, 0.4) is 0 Å². The second-order valence-corrected chi connectivity index (χ2v) is 10.5. The molecule has 2 aliphatic rings. The van der Waals surface area contributed by atoms with Crippen molar-refractivity contribution in [3.05, 3.63) is 23.3 Å². The maximum Gasteiger partial charge on any atom is 1.00 e. The van der Waals surface area contributed by atoms with Gasteiger partial charge in [-0.1, -0.05) is 0 Å². The average molecular weight is 718 g/mol. The number of allylic oxidation sites excluding steroid dienone is 4. The first-order valence-electron chi connectivity index (χ1n) is 9.99. The third-order valence-electron chi connectivity index (χ3n) is 6.36. The number of carboxylic acids is 2. The van der Waals surface area contributed by atoms with E-state index in [9.17, 15) is 98.5 Å². The third-order valence-corrected chi connectivity index (χ3v) is 7.60. The van der Waals surface area contributed by atoms with E-state index in [1.165, 1.54) is 0 Å². The predicted octanol–water partition coefficient (Wildman–Crippen LogP) is -3.52. The number of hydrogen-bond acceptors (Lipinski definition) is 6. The fourth-order valence-electron chi connectivity index (χ4n) is 4.15. The number of alkyl halides is 16. The van der Waals surface area contributed by atoms with Crippen molar-refractivity contribution in [2.75, 3.05) is 0 Å². The van der Waals surface area contributed by atoms with Crippen molar-refractivity contribution in [3.8, 4) is 0 Å². The number of rotatable bonds is 8. The van der Waals surface area contributed by atoms with Crippen LogP contribution >= 0.6 is 0 Å². The van der Waals surface area contributed by atoms with Crippen molar-refractivity contribution >= 4 is 22.1 Å². The van der Waals surface area contributed by atoms with Gasteiger partial charge in [0.05, 0.1) is 11.9 Å². The second kappa shape index (κ2) is 11.7. The molecule has 0 aromatic heterocycles. The van der Waals surface area contributed by atoms with Crippen LogP contribution in [0.15, 0.2) is 23.3 Å². The molecule has 0 aromatic rings. The molecule has 1 unspecified atom stereocenters. The molecule has 26 heteroatoms. The minimum atomic E-state index is -7.34. The molecular formula is C18H8F16Na2O7S. The van der Waals surface area contributed by atoms with Crippen LogP contribution in [0.1, 0.15) is 12.8 Å². The van der Waals surface area contributed by atoms with E-state index in [-0.39, 0.29) is 59.1 Å². The van der Waals surface area contributed by atoms with E-state index in [0.29, 0.717) is 0 Å². The fraction of sp³-hybridized carbons (Fsp3) is 0.667. The van der Waals surface area contributed by atoms with Gasteiger partial charge in [-0.25, -0.2) is 0 Å². The van der Waals surface area contributed by atoms with Gasteiger partial charge in [0, 0.05) is 16.6 Å². The molecule has 242 valence electrons. The summed E-state index contributed by atoms with van der Waals surface area (Å²) in [5, 5.41) is 18.6. The molecule has 0 aliphatic heterocycles. The average Bonchev–Trinajstić information content (AvgIpc) is 2.73. The first-order chi connectivity index (χ1) is 18.1. The molecule has 0 radical (unpaired) electrons. The second-order valence-electron chi connectivity index (χ2n) is 9.04. The number of hydrogen-bond donors (Lipinski definition) is 1. The smallest absolute Gasteiger partial charge is 0.549 e. The molecule has 1 atom stereocenters. The number of carbonyl (C=O) groups excluding carboxylic acids is 2. The predicted molar refractivity (Wildman–Crippen MR) is 92.8 cm³/mol. The Kier molecular flexibility index (Phi) is 11.5. The van der Waals surface area contributed by atoms with E-state index in [0.717, 1.165) is 0 Å². The number of aliphatic carboxylic acids is 2. The zero-order chi connectivity index (χ0) is 33.7. The summed E-state index contributed by atoms with van der Waals surface area (Å²) in [4.78, 5) is 23.3. The van der Waals surface area contributed by atoms with E-state index >= 15 is 0 Å². The molecule has 1 N–H and O–H groups in total. The summed E-state index contributed by atoms with van der Waals surface area (Å²) in [5.74, 6) is -63.2. The van der Waals surface area contributed by atoms with E-state index in [2.05, 4.69) is 0 Å². The summed E-state index contributed by atoms with van der Waals surface area (Å²) >= 11 is 0. The van der Waals surface area contributed by atoms with Crippen LogP contribution < -0.4 is 69.3 Å². The van der Waals surface area contributed by atoms with Crippen molar-refractivity contribution < 1.29 is 162 Å². The van der Waals surface area contributed by atoms with Crippen LogP contribution in [0.25, 0.3) is 0 Å². The third kappa shape index (κ3) is 5.80. The largest absolute Gasteiger partial charge is 1.00 e. The maximum absolute atomic E-state index is 14.4. The Labute approximate surface area is 277 Å². The zero-order valence-corrected chi connectivity index (χ0v) is 25.8. The summed E-state index contributed by atoms with van der Waals surface area (Å²) < 4.78 is 255. The summed E-state index contributed by atoms with van der Waals surface area (Å²) in [6, 6.07) is 0. The minimum absolute atomic E-state index is 0.